The number of Topliss-reactive ketones (excluding diaryl/α,β-unsaturated/α-hetero) is 1. The van der Waals surface area contributed by atoms with Crippen molar-refractivity contribution in [2.24, 2.45) is 0 Å². The van der Waals surface area contributed by atoms with Gasteiger partial charge in [0.1, 0.15) is 11.6 Å². The Bertz CT molecular complexity index is 633. The molecule has 2 rings (SSSR count). The Labute approximate surface area is 110 Å². The molecule has 0 aliphatic carbocycles. The average molecular weight is 260 g/mol. The second kappa shape index (κ2) is 5.31. The van der Waals surface area contributed by atoms with E-state index in [1.807, 2.05) is 0 Å². The van der Waals surface area contributed by atoms with Gasteiger partial charge in [-0.2, -0.15) is 0 Å². The Morgan fingerprint density at radius 1 is 0.947 bits per heavy atom. The van der Waals surface area contributed by atoms with Crippen LogP contribution in [-0.4, -0.2) is 5.78 Å². The van der Waals surface area contributed by atoms with Crippen molar-refractivity contribution < 1.29 is 13.6 Å². The number of aryl methyl sites for hydroxylation is 2. The van der Waals surface area contributed by atoms with Crippen LogP contribution in [0.5, 0.6) is 0 Å². The lowest BCUT2D eigenvalue weighted by molar-refractivity contribution is 0.0991. The molecule has 0 saturated carbocycles. The Hall–Kier alpha value is -2.03. The van der Waals surface area contributed by atoms with Crippen LogP contribution >= 0.6 is 0 Å². The molecule has 0 atom stereocenters. The van der Waals surface area contributed by atoms with Crippen LogP contribution in [0.25, 0.3) is 0 Å². The maximum Gasteiger partial charge on any atom is 0.167 e. The fourth-order valence-corrected chi connectivity index (χ4v) is 2.02. The standard InChI is InChI=1S/C16H14F2O/c1-10-3-5-14(18)9-15(10)16(19)8-12-4-6-13(17)7-11(12)2/h3-7,9H,8H2,1-2H3. The van der Waals surface area contributed by atoms with E-state index in [2.05, 4.69) is 0 Å². The molecule has 0 aliphatic rings. The summed E-state index contributed by atoms with van der Waals surface area (Å²) in [7, 11) is 0. The highest BCUT2D eigenvalue weighted by molar-refractivity contribution is 5.98. The summed E-state index contributed by atoms with van der Waals surface area (Å²) < 4.78 is 26.2. The third kappa shape index (κ3) is 3.05. The van der Waals surface area contributed by atoms with Gasteiger partial charge < -0.3 is 0 Å². The molecule has 0 fully saturated rings. The molecule has 2 aromatic rings. The predicted molar refractivity (Wildman–Crippen MR) is 70.3 cm³/mol. The normalized spacial score (nSPS) is 10.5. The highest BCUT2D eigenvalue weighted by atomic mass is 19.1. The minimum atomic E-state index is -0.426. The maximum absolute atomic E-state index is 13.2. The number of carbonyl (C=O) groups is 1. The second-order valence-corrected chi connectivity index (χ2v) is 4.63. The number of carbonyl (C=O) groups excluding carboxylic acids is 1. The third-order valence-electron chi connectivity index (χ3n) is 3.16. The lowest BCUT2D eigenvalue weighted by atomic mass is 9.97. The van der Waals surface area contributed by atoms with Gasteiger partial charge in [0.25, 0.3) is 0 Å². The lowest BCUT2D eigenvalue weighted by Gasteiger charge is -2.07. The second-order valence-electron chi connectivity index (χ2n) is 4.63. The quantitative estimate of drug-likeness (QED) is 0.762. The summed E-state index contributed by atoms with van der Waals surface area (Å²) in [4.78, 5) is 12.2. The first-order valence-electron chi connectivity index (χ1n) is 6.02. The summed E-state index contributed by atoms with van der Waals surface area (Å²) >= 11 is 0. The van der Waals surface area contributed by atoms with Crippen molar-refractivity contribution in [3.05, 3.63) is 70.3 Å². The zero-order valence-electron chi connectivity index (χ0n) is 10.8. The van der Waals surface area contributed by atoms with Gasteiger partial charge in [0.05, 0.1) is 0 Å². The molecule has 0 spiro atoms. The fourth-order valence-electron chi connectivity index (χ4n) is 2.02. The van der Waals surface area contributed by atoms with E-state index >= 15 is 0 Å². The molecule has 3 heteroatoms. The molecule has 0 amide bonds. The third-order valence-corrected chi connectivity index (χ3v) is 3.16. The first-order valence-corrected chi connectivity index (χ1v) is 6.02. The fraction of sp³-hybridized carbons (Fsp3) is 0.188. The SMILES string of the molecule is Cc1cc(F)ccc1CC(=O)c1cc(F)ccc1C. The number of rotatable bonds is 3. The highest BCUT2D eigenvalue weighted by Gasteiger charge is 2.12. The van der Waals surface area contributed by atoms with E-state index in [1.54, 1.807) is 26.0 Å². The van der Waals surface area contributed by atoms with Crippen molar-refractivity contribution in [2.45, 2.75) is 20.3 Å². The van der Waals surface area contributed by atoms with Crippen LogP contribution < -0.4 is 0 Å². The average Bonchev–Trinajstić information content (AvgIpc) is 2.35. The number of halogens is 2. The summed E-state index contributed by atoms with van der Waals surface area (Å²) in [6.07, 6.45) is 0.149. The zero-order chi connectivity index (χ0) is 14.0. The smallest absolute Gasteiger partial charge is 0.167 e. The largest absolute Gasteiger partial charge is 0.294 e. The topological polar surface area (TPSA) is 17.1 Å². The zero-order valence-corrected chi connectivity index (χ0v) is 10.8. The van der Waals surface area contributed by atoms with Gasteiger partial charge in [-0.15, -0.1) is 0 Å². The molecule has 1 nitrogen and oxygen atoms in total. The molecule has 0 bridgehead atoms. The summed E-state index contributed by atoms with van der Waals surface area (Å²) in [5.41, 5.74) is 2.60. The van der Waals surface area contributed by atoms with Crippen molar-refractivity contribution in [3.63, 3.8) is 0 Å². The molecular weight excluding hydrogens is 246 g/mol. The molecule has 2 aromatic carbocycles. The summed E-state index contributed by atoms with van der Waals surface area (Å²) in [6.45, 7) is 3.52. The molecule has 0 unspecified atom stereocenters. The van der Waals surface area contributed by atoms with Gasteiger partial charge in [-0.25, -0.2) is 8.78 Å². The van der Waals surface area contributed by atoms with Crippen LogP contribution in [0.2, 0.25) is 0 Å². The van der Waals surface area contributed by atoms with Crippen LogP contribution in [0, 0.1) is 25.5 Å². The van der Waals surface area contributed by atoms with Crippen molar-refractivity contribution in [1.82, 2.24) is 0 Å². The monoisotopic (exact) mass is 260 g/mol. The number of hydrogen-bond acceptors (Lipinski definition) is 1. The van der Waals surface area contributed by atoms with E-state index in [0.717, 1.165) is 16.7 Å². The van der Waals surface area contributed by atoms with E-state index in [1.165, 1.54) is 24.3 Å². The van der Waals surface area contributed by atoms with Crippen molar-refractivity contribution >= 4 is 5.78 Å². The number of benzene rings is 2. The van der Waals surface area contributed by atoms with Crippen molar-refractivity contribution in [3.8, 4) is 0 Å². The Morgan fingerprint density at radius 2 is 1.58 bits per heavy atom. The van der Waals surface area contributed by atoms with Crippen molar-refractivity contribution in [1.29, 1.82) is 0 Å². The van der Waals surface area contributed by atoms with E-state index in [0.29, 0.717) is 5.56 Å². The molecular formula is C16H14F2O. The molecule has 0 aliphatic heterocycles. The molecule has 19 heavy (non-hydrogen) atoms. The maximum atomic E-state index is 13.2. The van der Waals surface area contributed by atoms with Crippen LogP contribution in [0.3, 0.4) is 0 Å². The molecule has 0 saturated heterocycles. The summed E-state index contributed by atoms with van der Waals surface area (Å²) in [6, 6.07) is 8.47. The number of ketones is 1. The van der Waals surface area contributed by atoms with Gasteiger partial charge in [0, 0.05) is 12.0 Å². The van der Waals surface area contributed by atoms with Crippen LogP contribution in [-0.2, 0) is 6.42 Å². The molecule has 98 valence electrons. The number of hydrogen-bond donors (Lipinski definition) is 0. The first-order chi connectivity index (χ1) is 8.97. The minimum absolute atomic E-state index is 0.149. The van der Waals surface area contributed by atoms with Gasteiger partial charge in [-0.05, 0) is 54.8 Å². The van der Waals surface area contributed by atoms with Gasteiger partial charge in [0.2, 0.25) is 0 Å². The predicted octanol–water partition coefficient (Wildman–Crippen LogP) is 4.01. The van der Waals surface area contributed by atoms with Crippen LogP contribution in [0.4, 0.5) is 8.78 Å². The van der Waals surface area contributed by atoms with Gasteiger partial charge >= 0.3 is 0 Å². The van der Waals surface area contributed by atoms with Gasteiger partial charge in [-0.1, -0.05) is 12.1 Å². The van der Waals surface area contributed by atoms with E-state index in [-0.39, 0.29) is 18.0 Å². The Kier molecular flexibility index (Phi) is 3.74. The lowest BCUT2D eigenvalue weighted by Crippen LogP contribution is -2.07. The molecule has 0 N–H and O–H groups in total. The van der Waals surface area contributed by atoms with E-state index in [9.17, 15) is 13.6 Å². The van der Waals surface area contributed by atoms with Gasteiger partial charge in [0.15, 0.2) is 5.78 Å². The molecule has 0 radical (unpaired) electrons. The van der Waals surface area contributed by atoms with Crippen LogP contribution in [0.15, 0.2) is 36.4 Å². The Morgan fingerprint density at radius 3 is 2.26 bits per heavy atom. The minimum Gasteiger partial charge on any atom is -0.294 e. The Balaban J connectivity index is 2.28. The highest BCUT2D eigenvalue weighted by Crippen LogP contribution is 2.16. The van der Waals surface area contributed by atoms with E-state index in [4.69, 9.17) is 0 Å². The summed E-state index contributed by atoms with van der Waals surface area (Å²) in [5, 5.41) is 0. The van der Waals surface area contributed by atoms with Crippen LogP contribution in [0.1, 0.15) is 27.0 Å². The first kappa shape index (κ1) is 13.4. The molecule has 0 heterocycles. The van der Waals surface area contributed by atoms with E-state index < -0.39 is 5.82 Å². The molecule has 0 aromatic heterocycles. The van der Waals surface area contributed by atoms with Crippen molar-refractivity contribution in [2.75, 3.05) is 0 Å². The van der Waals surface area contributed by atoms with Gasteiger partial charge in [-0.3, -0.25) is 4.79 Å². The summed E-state index contributed by atoms with van der Waals surface area (Å²) in [5.74, 6) is -0.910.